The number of hydrogen-bond donors (Lipinski definition) is 2. The predicted molar refractivity (Wildman–Crippen MR) is 101 cm³/mol. The molecule has 0 heterocycles. The van der Waals surface area contributed by atoms with Gasteiger partial charge in [-0.25, -0.2) is 13.1 Å². The van der Waals surface area contributed by atoms with Crippen molar-refractivity contribution in [1.29, 1.82) is 0 Å². The van der Waals surface area contributed by atoms with Crippen LogP contribution in [0.25, 0.3) is 0 Å². The zero-order valence-corrected chi connectivity index (χ0v) is 16.0. The fraction of sp³-hybridized carbons (Fsp3) is 0.316. The molecule has 0 aliphatic carbocycles. The molecule has 2 N–H and O–H groups in total. The first-order valence-corrected chi connectivity index (χ1v) is 9.91. The molecule has 0 saturated carbocycles. The number of ether oxygens (including phenoxy) is 1. The summed E-state index contributed by atoms with van der Waals surface area (Å²) in [6.07, 6.45) is 0.690. The lowest BCUT2D eigenvalue weighted by Crippen LogP contribution is -2.28. The standard InChI is InChI=1S/C19H24N2O4S/c1-4-12-20-26(23,24)16-9-7-8-15(13-16)19(22)21-14(2)17-10-5-6-11-18(17)25-3/h5-11,13-14,20H,4,12H2,1-3H3,(H,21,22). The van der Waals surface area contributed by atoms with E-state index in [1.165, 1.54) is 12.1 Å². The highest BCUT2D eigenvalue weighted by molar-refractivity contribution is 7.89. The van der Waals surface area contributed by atoms with Gasteiger partial charge >= 0.3 is 0 Å². The third-order valence-corrected chi connectivity index (χ3v) is 5.36. The second-order valence-electron chi connectivity index (χ2n) is 5.86. The number of nitrogens with one attached hydrogen (secondary N) is 2. The fourth-order valence-electron chi connectivity index (χ4n) is 2.51. The first kappa shape index (κ1) is 19.9. The molecule has 2 rings (SSSR count). The number of para-hydroxylation sites is 1. The average Bonchev–Trinajstić information content (AvgIpc) is 2.66. The summed E-state index contributed by atoms with van der Waals surface area (Å²) >= 11 is 0. The van der Waals surface area contributed by atoms with E-state index in [0.717, 1.165) is 5.56 Å². The van der Waals surface area contributed by atoms with Crippen LogP contribution in [0.15, 0.2) is 53.4 Å². The highest BCUT2D eigenvalue weighted by Crippen LogP contribution is 2.24. The van der Waals surface area contributed by atoms with Gasteiger partial charge < -0.3 is 10.1 Å². The van der Waals surface area contributed by atoms with E-state index < -0.39 is 10.0 Å². The molecule has 140 valence electrons. The second kappa shape index (κ2) is 8.82. The van der Waals surface area contributed by atoms with E-state index in [9.17, 15) is 13.2 Å². The predicted octanol–water partition coefficient (Wildman–Crippen LogP) is 2.87. The van der Waals surface area contributed by atoms with Crippen molar-refractivity contribution in [2.75, 3.05) is 13.7 Å². The van der Waals surface area contributed by atoms with Gasteiger partial charge in [-0.15, -0.1) is 0 Å². The first-order valence-electron chi connectivity index (χ1n) is 8.42. The topological polar surface area (TPSA) is 84.5 Å². The Morgan fingerprint density at radius 2 is 1.88 bits per heavy atom. The fourth-order valence-corrected chi connectivity index (χ4v) is 3.69. The van der Waals surface area contributed by atoms with Gasteiger partial charge in [0.25, 0.3) is 5.91 Å². The summed E-state index contributed by atoms with van der Waals surface area (Å²) in [6, 6.07) is 13.1. The number of methoxy groups -OCH3 is 1. The monoisotopic (exact) mass is 376 g/mol. The zero-order chi connectivity index (χ0) is 19.2. The van der Waals surface area contributed by atoms with E-state index in [4.69, 9.17) is 4.74 Å². The quantitative estimate of drug-likeness (QED) is 0.742. The van der Waals surface area contributed by atoms with Crippen LogP contribution < -0.4 is 14.8 Å². The summed E-state index contributed by atoms with van der Waals surface area (Å²) in [5.74, 6) is 0.330. The van der Waals surface area contributed by atoms with Crippen molar-refractivity contribution in [3.8, 4) is 5.75 Å². The number of sulfonamides is 1. The highest BCUT2D eigenvalue weighted by Gasteiger charge is 2.18. The molecule has 0 fully saturated rings. The van der Waals surface area contributed by atoms with Crippen molar-refractivity contribution in [2.45, 2.75) is 31.2 Å². The molecule has 7 heteroatoms. The van der Waals surface area contributed by atoms with Gasteiger partial charge in [-0.05, 0) is 37.6 Å². The number of hydrogen-bond acceptors (Lipinski definition) is 4. The van der Waals surface area contributed by atoms with Gasteiger partial charge in [-0.3, -0.25) is 4.79 Å². The van der Waals surface area contributed by atoms with Gasteiger partial charge in [0.2, 0.25) is 10.0 Å². The molecule has 0 aliphatic rings. The van der Waals surface area contributed by atoms with Crippen molar-refractivity contribution in [1.82, 2.24) is 10.0 Å². The third kappa shape index (κ3) is 4.83. The van der Waals surface area contributed by atoms with E-state index in [-0.39, 0.29) is 22.4 Å². The summed E-state index contributed by atoms with van der Waals surface area (Å²) in [6.45, 7) is 4.08. The minimum atomic E-state index is -3.62. The third-order valence-electron chi connectivity index (χ3n) is 3.90. The molecule has 0 spiro atoms. The largest absolute Gasteiger partial charge is 0.496 e. The van der Waals surface area contributed by atoms with Crippen LogP contribution in [0.1, 0.15) is 42.2 Å². The molecule has 0 aromatic heterocycles. The van der Waals surface area contributed by atoms with Gasteiger partial charge in [0.15, 0.2) is 0 Å². The maximum atomic E-state index is 12.6. The second-order valence-corrected chi connectivity index (χ2v) is 7.63. The molecule has 26 heavy (non-hydrogen) atoms. The Morgan fingerprint density at radius 3 is 2.58 bits per heavy atom. The van der Waals surface area contributed by atoms with Gasteiger partial charge in [0.1, 0.15) is 5.75 Å². The normalized spacial score (nSPS) is 12.4. The molecule has 2 aromatic carbocycles. The first-order chi connectivity index (χ1) is 12.4. The van der Waals surface area contributed by atoms with Crippen molar-refractivity contribution >= 4 is 15.9 Å². The summed E-state index contributed by atoms with van der Waals surface area (Å²) in [5, 5.41) is 2.87. The SMILES string of the molecule is CCCNS(=O)(=O)c1cccc(C(=O)NC(C)c2ccccc2OC)c1. The Balaban J connectivity index is 2.19. The van der Waals surface area contributed by atoms with Crippen LogP contribution in [0, 0.1) is 0 Å². The number of carbonyl (C=O) groups excluding carboxylic acids is 1. The van der Waals surface area contributed by atoms with Crippen LogP contribution >= 0.6 is 0 Å². The summed E-state index contributed by atoms with van der Waals surface area (Å²) in [7, 11) is -2.05. The highest BCUT2D eigenvalue weighted by atomic mass is 32.2. The molecule has 0 aliphatic heterocycles. The van der Waals surface area contributed by atoms with Crippen molar-refractivity contribution < 1.29 is 17.9 Å². The summed E-state index contributed by atoms with van der Waals surface area (Å²) in [4.78, 5) is 12.6. The minimum Gasteiger partial charge on any atom is -0.496 e. The molecule has 0 saturated heterocycles. The molecular weight excluding hydrogens is 352 g/mol. The van der Waals surface area contributed by atoms with Crippen LogP contribution in [0.5, 0.6) is 5.75 Å². The smallest absolute Gasteiger partial charge is 0.251 e. The van der Waals surface area contributed by atoms with Gasteiger partial charge in [-0.2, -0.15) is 0 Å². The lowest BCUT2D eigenvalue weighted by atomic mass is 10.1. The Labute approximate surface area is 154 Å². The van der Waals surface area contributed by atoms with E-state index in [2.05, 4.69) is 10.0 Å². The van der Waals surface area contributed by atoms with Crippen LogP contribution in [0.4, 0.5) is 0 Å². The maximum Gasteiger partial charge on any atom is 0.251 e. The van der Waals surface area contributed by atoms with Crippen molar-refractivity contribution in [2.24, 2.45) is 0 Å². The van der Waals surface area contributed by atoms with Crippen LogP contribution in [-0.2, 0) is 10.0 Å². The Hall–Kier alpha value is -2.38. The minimum absolute atomic E-state index is 0.0727. The Morgan fingerprint density at radius 1 is 1.15 bits per heavy atom. The van der Waals surface area contributed by atoms with Gasteiger partial charge in [0.05, 0.1) is 18.0 Å². The van der Waals surface area contributed by atoms with Crippen molar-refractivity contribution in [3.63, 3.8) is 0 Å². The molecular formula is C19H24N2O4S. The number of amides is 1. The molecule has 0 bridgehead atoms. The Kier molecular flexibility index (Phi) is 6.76. The number of rotatable bonds is 8. The number of carbonyl (C=O) groups is 1. The molecule has 0 radical (unpaired) electrons. The zero-order valence-electron chi connectivity index (χ0n) is 15.2. The van der Waals surface area contributed by atoms with Crippen LogP contribution in [0.3, 0.4) is 0 Å². The molecule has 2 aromatic rings. The summed E-state index contributed by atoms with van der Waals surface area (Å²) in [5.41, 5.74) is 1.13. The van der Waals surface area contributed by atoms with E-state index >= 15 is 0 Å². The van der Waals surface area contributed by atoms with Gasteiger partial charge in [-0.1, -0.05) is 31.2 Å². The van der Waals surface area contributed by atoms with Crippen LogP contribution in [-0.4, -0.2) is 28.0 Å². The molecule has 6 nitrogen and oxygen atoms in total. The van der Waals surface area contributed by atoms with E-state index in [1.54, 1.807) is 19.2 Å². The number of benzene rings is 2. The molecule has 1 atom stereocenters. The van der Waals surface area contributed by atoms with Crippen molar-refractivity contribution in [3.05, 3.63) is 59.7 Å². The molecule has 1 amide bonds. The van der Waals surface area contributed by atoms with E-state index in [1.807, 2.05) is 38.1 Å². The van der Waals surface area contributed by atoms with E-state index in [0.29, 0.717) is 18.7 Å². The average molecular weight is 376 g/mol. The lowest BCUT2D eigenvalue weighted by molar-refractivity contribution is 0.0939. The van der Waals surface area contributed by atoms with Gasteiger partial charge in [0, 0.05) is 17.7 Å². The Bertz CT molecular complexity index is 865. The molecule has 1 unspecified atom stereocenters. The summed E-state index contributed by atoms with van der Waals surface area (Å²) < 4.78 is 32.3. The lowest BCUT2D eigenvalue weighted by Gasteiger charge is -2.17. The van der Waals surface area contributed by atoms with Crippen LogP contribution in [0.2, 0.25) is 0 Å². The maximum absolute atomic E-state index is 12.6.